The number of rotatable bonds is 6. The minimum Gasteiger partial charge on any atom is -0.496 e. The van der Waals surface area contributed by atoms with Gasteiger partial charge in [0.05, 0.1) is 7.11 Å². The van der Waals surface area contributed by atoms with Crippen LogP contribution in [0.15, 0.2) is 66.7 Å². The van der Waals surface area contributed by atoms with Crippen LogP contribution in [0.5, 0.6) is 5.75 Å². The summed E-state index contributed by atoms with van der Waals surface area (Å²) in [5.74, 6) is -0.0251. The first kappa shape index (κ1) is 19.1. The molecule has 0 bridgehead atoms. The van der Waals surface area contributed by atoms with Crippen molar-refractivity contribution in [3.8, 4) is 5.75 Å². The van der Waals surface area contributed by atoms with Gasteiger partial charge in [0.1, 0.15) is 11.3 Å². The van der Waals surface area contributed by atoms with Crippen molar-refractivity contribution < 1.29 is 14.6 Å². The Labute approximate surface area is 171 Å². The van der Waals surface area contributed by atoms with E-state index in [0.29, 0.717) is 12.8 Å². The minimum absolute atomic E-state index is 0.470. The van der Waals surface area contributed by atoms with Crippen molar-refractivity contribution >= 4 is 11.7 Å². The van der Waals surface area contributed by atoms with E-state index in [-0.39, 0.29) is 0 Å². The van der Waals surface area contributed by atoms with Gasteiger partial charge in [0, 0.05) is 30.5 Å². The van der Waals surface area contributed by atoms with E-state index < -0.39 is 11.5 Å². The van der Waals surface area contributed by atoms with Crippen LogP contribution in [0.1, 0.15) is 27.8 Å². The summed E-state index contributed by atoms with van der Waals surface area (Å²) >= 11 is 0. The van der Waals surface area contributed by atoms with Crippen LogP contribution in [0.3, 0.4) is 0 Å². The molecule has 0 saturated carbocycles. The topological polar surface area (TPSA) is 58.6 Å². The van der Waals surface area contributed by atoms with E-state index in [9.17, 15) is 9.90 Å². The molecule has 0 unspecified atom stereocenters. The summed E-state index contributed by atoms with van der Waals surface area (Å²) in [6.07, 6.45) is 1.67. The number of carbonyl (C=O) groups is 1. The molecular formula is C25H25NO3. The maximum atomic E-state index is 12.3. The van der Waals surface area contributed by atoms with Crippen LogP contribution in [-0.2, 0) is 24.1 Å². The number of nitrogens with one attached hydrogen (secondary N) is 1. The zero-order valence-corrected chi connectivity index (χ0v) is 16.7. The summed E-state index contributed by atoms with van der Waals surface area (Å²) in [4.78, 5) is 12.3. The van der Waals surface area contributed by atoms with Gasteiger partial charge in [-0.15, -0.1) is 0 Å². The number of benzene rings is 3. The molecule has 0 heterocycles. The van der Waals surface area contributed by atoms with Crippen LogP contribution in [-0.4, -0.2) is 23.7 Å². The number of fused-ring (bicyclic) bond motifs is 1. The fraction of sp³-hybridized carbons (Fsp3) is 0.240. The Bertz CT molecular complexity index is 1030. The molecule has 4 rings (SSSR count). The lowest BCUT2D eigenvalue weighted by Gasteiger charge is -2.27. The van der Waals surface area contributed by atoms with Crippen molar-refractivity contribution in [3.05, 3.63) is 94.5 Å². The quantitative estimate of drug-likeness (QED) is 0.648. The van der Waals surface area contributed by atoms with Crippen LogP contribution in [0.2, 0.25) is 0 Å². The van der Waals surface area contributed by atoms with Crippen molar-refractivity contribution in [2.75, 3.05) is 12.4 Å². The van der Waals surface area contributed by atoms with Crippen molar-refractivity contribution in [2.24, 2.45) is 0 Å². The Morgan fingerprint density at radius 2 is 1.66 bits per heavy atom. The maximum Gasteiger partial charge on any atom is 0.330 e. The first-order valence-electron chi connectivity index (χ1n) is 9.80. The first-order chi connectivity index (χ1) is 14.0. The van der Waals surface area contributed by atoms with E-state index >= 15 is 0 Å². The fourth-order valence-electron chi connectivity index (χ4n) is 4.19. The van der Waals surface area contributed by atoms with Crippen molar-refractivity contribution in [2.45, 2.75) is 31.7 Å². The molecule has 3 aromatic rings. The number of anilines is 1. The number of carboxylic acids is 1. The molecule has 1 aliphatic carbocycles. The molecule has 4 heteroatoms. The number of hydrogen-bond acceptors (Lipinski definition) is 3. The molecule has 29 heavy (non-hydrogen) atoms. The highest BCUT2D eigenvalue weighted by Crippen LogP contribution is 2.35. The molecule has 0 saturated heterocycles. The smallest absolute Gasteiger partial charge is 0.330 e. The van der Waals surface area contributed by atoms with Gasteiger partial charge in [-0.3, -0.25) is 0 Å². The van der Waals surface area contributed by atoms with Gasteiger partial charge in [-0.1, -0.05) is 48.5 Å². The Kier molecular flexibility index (Phi) is 5.01. The van der Waals surface area contributed by atoms with Gasteiger partial charge < -0.3 is 15.2 Å². The first-order valence-corrected chi connectivity index (χ1v) is 9.80. The molecule has 3 aromatic carbocycles. The zero-order chi connectivity index (χ0) is 20.4. The number of aryl methyl sites for hydroxylation is 1. The van der Waals surface area contributed by atoms with Gasteiger partial charge in [-0.25, -0.2) is 4.79 Å². The molecular weight excluding hydrogens is 362 g/mol. The van der Waals surface area contributed by atoms with Crippen LogP contribution < -0.4 is 10.1 Å². The van der Waals surface area contributed by atoms with Gasteiger partial charge in [-0.05, 0) is 47.4 Å². The lowest BCUT2D eigenvalue weighted by atomic mass is 9.94. The monoisotopic (exact) mass is 387 g/mol. The minimum atomic E-state index is -1.03. The highest BCUT2D eigenvalue weighted by atomic mass is 16.5. The number of methoxy groups -OCH3 is 1. The predicted molar refractivity (Wildman–Crippen MR) is 115 cm³/mol. The number of carboxylic acid groups (broad SMARTS) is 1. The average molecular weight is 387 g/mol. The van der Waals surface area contributed by atoms with Crippen molar-refractivity contribution in [1.82, 2.24) is 0 Å². The lowest BCUT2D eigenvalue weighted by molar-refractivity contribution is -0.142. The predicted octanol–water partition coefficient (Wildman–Crippen LogP) is 4.63. The molecule has 0 aromatic heterocycles. The van der Waals surface area contributed by atoms with Crippen molar-refractivity contribution in [3.63, 3.8) is 0 Å². The van der Waals surface area contributed by atoms with E-state index in [1.807, 2.05) is 54.6 Å². The summed E-state index contributed by atoms with van der Waals surface area (Å²) in [5, 5.41) is 13.4. The molecule has 0 spiro atoms. The Morgan fingerprint density at radius 3 is 2.28 bits per heavy atom. The van der Waals surface area contributed by atoms with Crippen molar-refractivity contribution in [1.29, 1.82) is 0 Å². The molecule has 1 aliphatic rings. The molecule has 0 amide bonds. The highest BCUT2D eigenvalue weighted by Gasteiger charge is 2.44. The summed E-state index contributed by atoms with van der Waals surface area (Å²) in [6, 6.07) is 22.0. The molecule has 2 N–H and O–H groups in total. The molecule has 148 valence electrons. The van der Waals surface area contributed by atoms with Crippen LogP contribution >= 0.6 is 0 Å². The van der Waals surface area contributed by atoms with Gasteiger partial charge in [0.2, 0.25) is 0 Å². The fourth-order valence-corrected chi connectivity index (χ4v) is 4.19. The van der Waals surface area contributed by atoms with E-state index in [0.717, 1.165) is 34.5 Å². The van der Waals surface area contributed by atoms with Gasteiger partial charge >= 0.3 is 5.97 Å². The lowest BCUT2D eigenvalue weighted by Crippen LogP contribution is -2.47. The van der Waals surface area contributed by atoms with Gasteiger partial charge in [-0.2, -0.15) is 0 Å². The highest BCUT2D eigenvalue weighted by molar-refractivity contribution is 5.85. The molecule has 0 aliphatic heterocycles. The van der Waals surface area contributed by atoms with E-state index in [4.69, 9.17) is 4.74 Å². The third kappa shape index (κ3) is 3.70. The number of ether oxygens (including phenoxy) is 1. The summed E-state index contributed by atoms with van der Waals surface area (Å²) in [5.41, 5.74) is 5.43. The van der Waals surface area contributed by atoms with E-state index in [1.165, 1.54) is 11.1 Å². The molecule has 4 nitrogen and oxygen atoms in total. The summed E-state index contributed by atoms with van der Waals surface area (Å²) in [6.45, 7) is 2.10. The number of aliphatic carboxylic acids is 1. The van der Waals surface area contributed by atoms with Crippen LogP contribution in [0.4, 0.5) is 5.69 Å². The van der Waals surface area contributed by atoms with Crippen LogP contribution in [0.25, 0.3) is 0 Å². The normalized spacial score (nSPS) is 14.3. The zero-order valence-electron chi connectivity index (χ0n) is 16.7. The standard InChI is InChI=1S/C25H25NO3/c1-17-7-3-4-8-18(17)13-21-14-22(11-12-23(21)29-2)26-25(24(27)28)15-19-9-5-6-10-20(19)16-25/h3-12,14,26H,13,15-16H2,1-2H3,(H,27,28). The Morgan fingerprint density at radius 1 is 1.00 bits per heavy atom. The van der Waals surface area contributed by atoms with E-state index in [2.05, 4.69) is 24.4 Å². The largest absolute Gasteiger partial charge is 0.496 e. The average Bonchev–Trinajstić information content (AvgIpc) is 3.09. The second-order valence-electron chi connectivity index (χ2n) is 7.76. The Hall–Kier alpha value is -3.27. The third-order valence-electron chi connectivity index (χ3n) is 5.82. The van der Waals surface area contributed by atoms with Gasteiger partial charge in [0.25, 0.3) is 0 Å². The number of hydrogen-bond donors (Lipinski definition) is 2. The SMILES string of the molecule is COc1ccc(NC2(C(=O)O)Cc3ccccc3C2)cc1Cc1ccccc1C. The second kappa shape index (κ2) is 7.63. The Balaban J connectivity index is 1.65. The summed E-state index contributed by atoms with van der Waals surface area (Å²) in [7, 11) is 1.66. The summed E-state index contributed by atoms with van der Waals surface area (Å²) < 4.78 is 5.56. The second-order valence-corrected chi connectivity index (χ2v) is 7.76. The van der Waals surface area contributed by atoms with E-state index in [1.54, 1.807) is 7.11 Å². The van der Waals surface area contributed by atoms with Gasteiger partial charge in [0.15, 0.2) is 0 Å². The molecule has 0 fully saturated rings. The molecule has 0 atom stereocenters. The maximum absolute atomic E-state index is 12.3. The molecule has 0 radical (unpaired) electrons. The third-order valence-corrected chi connectivity index (χ3v) is 5.82. The van der Waals surface area contributed by atoms with Crippen LogP contribution in [0, 0.1) is 6.92 Å².